The number of hydrogen-bond acceptors (Lipinski definition) is 6. The zero-order chi connectivity index (χ0) is 19.8. The molecule has 0 spiro atoms. The van der Waals surface area contributed by atoms with Crippen LogP contribution in [-0.4, -0.2) is 30.5 Å². The average molecular weight is 433 g/mol. The fourth-order valence-electron chi connectivity index (χ4n) is 2.78. The molecule has 142 valence electrons. The van der Waals surface area contributed by atoms with E-state index in [1.807, 2.05) is 32.0 Å². The van der Waals surface area contributed by atoms with E-state index in [1.165, 1.54) is 15.9 Å². The molecular weight excluding hydrogens is 419 g/mol. The summed E-state index contributed by atoms with van der Waals surface area (Å²) in [7, 11) is 0. The monoisotopic (exact) mass is 432 g/mol. The van der Waals surface area contributed by atoms with Gasteiger partial charge in [0.25, 0.3) is 11.7 Å². The molecule has 0 saturated heterocycles. The van der Waals surface area contributed by atoms with Crippen LogP contribution in [0.3, 0.4) is 0 Å². The van der Waals surface area contributed by atoms with Crippen LogP contribution in [0.1, 0.15) is 32.4 Å². The van der Waals surface area contributed by atoms with Crippen LogP contribution in [0.4, 0.5) is 5.13 Å². The maximum absolute atomic E-state index is 12.5. The van der Waals surface area contributed by atoms with Gasteiger partial charge in [-0.2, -0.15) is 4.98 Å². The van der Waals surface area contributed by atoms with Gasteiger partial charge in [0, 0.05) is 38.9 Å². The van der Waals surface area contributed by atoms with Gasteiger partial charge in [-0.15, -0.1) is 16.4 Å². The number of aryl methyl sites for hydroxylation is 2. The number of carbonyl (C=O) groups excluding carboxylic acids is 1. The molecule has 3 aromatic heterocycles. The number of carbonyl (C=O) groups is 1. The molecule has 4 aromatic rings. The summed E-state index contributed by atoms with van der Waals surface area (Å²) in [6, 6.07) is 7.26. The molecule has 0 saturated carbocycles. The average Bonchev–Trinajstić information content (AvgIpc) is 3.21. The molecule has 1 N–H and O–H groups in total. The van der Waals surface area contributed by atoms with Gasteiger partial charge in [0.15, 0.2) is 5.13 Å². The Kier molecular flexibility index (Phi) is 5.01. The predicted octanol–water partition coefficient (Wildman–Crippen LogP) is 4.35. The van der Waals surface area contributed by atoms with Crippen LogP contribution < -0.4 is 5.32 Å². The van der Waals surface area contributed by atoms with Gasteiger partial charge in [0.1, 0.15) is 0 Å². The molecule has 28 heavy (non-hydrogen) atoms. The summed E-state index contributed by atoms with van der Waals surface area (Å²) >= 11 is 13.4. The number of halogens is 2. The Hall–Kier alpha value is -2.55. The summed E-state index contributed by atoms with van der Waals surface area (Å²) in [5.74, 6) is -0.00543. The van der Waals surface area contributed by atoms with Crippen molar-refractivity contribution in [1.29, 1.82) is 0 Å². The Morgan fingerprint density at radius 1 is 1.14 bits per heavy atom. The molecule has 10 heteroatoms. The van der Waals surface area contributed by atoms with Crippen molar-refractivity contribution in [3.05, 3.63) is 68.2 Å². The van der Waals surface area contributed by atoms with Crippen LogP contribution in [0, 0.1) is 13.8 Å². The maximum atomic E-state index is 12.5. The van der Waals surface area contributed by atoms with Crippen molar-refractivity contribution in [3.8, 4) is 0 Å². The lowest BCUT2D eigenvalue weighted by atomic mass is 10.1. The number of nitrogens with zero attached hydrogens (tertiary/aromatic N) is 5. The van der Waals surface area contributed by atoms with Crippen molar-refractivity contribution < 1.29 is 4.79 Å². The topological polar surface area (TPSA) is 85.1 Å². The lowest BCUT2D eigenvalue weighted by Crippen LogP contribution is -2.13. The van der Waals surface area contributed by atoms with Crippen LogP contribution in [0.25, 0.3) is 5.78 Å². The fraction of sp³-hybridized carbons (Fsp3) is 0.167. The lowest BCUT2D eigenvalue weighted by Gasteiger charge is -2.01. The second-order valence-corrected chi connectivity index (χ2v) is 8.21. The van der Waals surface area contributed by atoms with Gasteiger partial charge in [-0.05, 0) is 43.7 Å². The number of thiazole rings is 1. The summed E-state index contributed by atoms with van der Waals surface area (Å²) in [5, 5.41) is 8.58. The SMILES string of the molecule is Cc1cc(C)n2nc(C(=O)Nc3ncc(Cc4cc(Cl)cc(Cl)c4)s3)nc2n1. The summed E-state index contributed by atoms with van der Waals surface area (Å²) in [5.41, 5.74) is 2.64. The number of anilines is 1. The molecule has 7 nitrogen and oxygen atoms in total. The fourth-order valence-corrected chi connectivity index (χ4v) is 4.19. The second kappa shape index (κ2) is 7.46. The van der Waals surface area contributed by atoms with E-state index in [9.17, 15) is 4.79 Å². The van der Waals surface area contributed by atoms with Gasteiger partial charge in [-0.3, -0.25) is 10.1 Å². The molecular formula is C18H14Cl2N6OS. The van der Waals surface area contributed by atoms with E-state index in [0.29, 0.717) is 27.4 Å². The highest BCUT2D eigenvalue weighted by atomic mass is 35.5. The third-order valence-electron chi connectivity index (χ3n) is 3.90. The number of aromatic nitrogens is 5. The Bertz CT molecular complexity index is 1180. The van der Waals surface area contributed by atoms with Crippen LogP contribution in [0.5, 0.6) is 0 Å². The first-order valence-corrected chi connectivity index (χ1v) is 9.86. The van der Waals surface area contributed by atoms with E-state index in [4.69, 9.17) is 23.2 Å². The van der Waals surface area contributed by atoms with Gasteiger partial charge in [-0.1, -0.05) is 23.2 Å². The van der Waals surface area contributed by atoms with Gasteiger partial charge >= 0.3 is 0 Å². The van der Waals surface area contributed by atoms with Gasteiger partial charge < -0.3 is 0 Å². The Labute approximate surface area is 174 Å². The smallest absolute Gasteiger partial charge is 0.295 e. The third kappa shape index (κ3) is 3.99. The maximum Gasteiger partial charge on any atom is 0.297 e. The summed E-state index contributed by atoms with van der Waals surface area (Å²) in [4.78, 5) is 26.2. The molecule has 0 unspecified atom stereocenters. The molecule has 0 bridgehead atoms. The molecule has 0 atom stereocenters. The van der Waals surface area contributed by atoms with Crippen molar-refractivity contribution in [2.75, 3.05) is 5.32 Å². The minimum absolute atomic E-state index is 0.0413. The van der Waals surface area contributed by atoms with Crippen LogP contribution in [-0.2, 0) is 6.42 Å². The number of fused-ring (bicyclic) bond motifs is 1. The molecule has 0 radical (unpaired) electrons. The molecule has 1 amide bonds. The molecule has 0 aliphatic carbocycles. The third-order valence-corrected chi connectivity index (χ3v) is 5.25. The van der Waals surface area contributed by atoms with Crippen LogP contribution in [0.15, 0.2) is 30.5 Å². The molecule has 0 aliphatic rings. The van der Waals surface area contributed by atoms with Gasteiger partial charge in [0.2, 0.25) is 5.82 Å². The number of rotatable bonds is 4. The normalized spacial score (nSPS) is 11.1. The van der Waals surface area contributed by atoms with E-state index in [2.05, 4.69) is 25.4 Å². The largest absolute Gasteiger partial charge is 0.297 e. The second-order valence-electron chi connectivity index (χ2n) is 6.23. The summed E-state index contributed by atoms with van der Waals surface area (Å²) in [6.07, 6.45) is 2.32. The quantitative estimate of drug-likeness (QED) is 0.517. The first-order valence-electron chi connectivity index (χ1n) is 8.29. The Morgan fingerprint density at radius 2 is 1.89 bits per heavy atom. The van der Waals surface area contributed by atoms with Crippen molar-refractivity contribution >= 4 is 51.4 Å². The summed E-state index contributed by atoms with van der Waals surface area (Å²) < 4.78 is 1.54. The highest BCUT2D eigenvalue weighted by molar-refractivity contribution is 7.15. The number of nitrogens with one attached hydrogen (secondary N) is 1. The number of benzene rings is 1. The summed E-state index contributed by atoms with van der Waals surface area (Å²) in [6.45, 7) is 3.75. The molecule has 1 aromatic carbocycles. The van der Waals surface area contributed by atoms with Gasteiger partial charge in [0.05, 0.1) is 0 Å². The van der Waals surface area contributed by atoms with Crippen LogP contribution >= 0.6 is 34.5 Å². The zero-order valence-corrected chi connectivity index (χ0v) is 17.2. The van der Waals surface area contributed by atoms with E-state index in [-0.39, 0.29) is 5.82 Å². The zero-order valence-electron chi connectivity index (χ0n) is 14.9. The minimum atomic E-state index is -0.436. The first kappa shape index (κ1) is 18.8. The highest BCUT2D eigenvalue weighted by Gasteiger charge is 2.16. The first-order chi connectivity index (χ1) is 13.4. The van der Waals surface area contributed by atoms with Crippen LogP contribution in [0.2, 0.25) is 10.0 Å². The lowest BCUT2D eigenvalue weighted by molar-refractivity contribution is 0.101. The van der Waals surface area contributed by atoms with Crippen molar-refractivity contribution in [2.45, 2.75) is 20.3 Å². The standard InChI is InChI=1S/C18H14Cl2N6OS/c1-9-3-10(2)26-17(22-9)23-15(25-26)16(27)24-18-21-8-14(28-18)6-11-4-12(19)7-13(20)5-11/h3-5,7-8H,6H2,1-2H3,(H,21,24,27). The molecule has 3 heterocycles. The Morgan fingerprint density at radius 3 is 2.64 bits per heavy atom. The molecule has 0 aliphatic heterocycles. The Balaban J connectivity index is 1.50. The van der Waals surface area contributed by atoms with E-state index in [0.717, 1.165) is 21.8 Å². The van der Waals surface area contributed by atoms with E-state index >= 15 is 0 Å². The number of amides is 1. The highest BCUT2D eigenvalue weighted by Crippen LogP contribution is 2.25. The minimum Gasteiger partial charge on any atom is -0.295 e. The van der Waals surface area contributed by atoms with Crippen molar-refractivity contribution in [2.24, 2.45) is 0 Å². The number of hydrogen-bond donors (Lipinski definition) is 1. The van der Waals surface area contributed by atoms with Gasteiger partial charge in [-0.25, -0.2) is 14.5 Å². The predicted molar refractivity (Wildman–Crippen MR) is 110 cm³/mol. The molecule has 0 fully saturated rings. The van der Waals surface area contributed by atoms with Crippen molar-refractivity contribution in [1.82, 2.24) is 24.6 Å². The van der Waals surface area contributed by atoms with Crippen molar-refractivity contribution in [3.63, 3.8) is 0 Å². The van der Waals surface area contributed by atoms with E-state index < -0.39 is 5.91 Å². The molecule has 4 rings (SSSR count). The van der Waals surface area contributed by atoms with E-state index in [1.54, 1.807) is 12.3 Å².